The van der Waals surface area contributed by atoms with E-state index in [0.29, 0.717) is 35.1 Å². The molecule has 25 heavy (non-hydrogen) atoms. The van der Waals surface area contributed by atoms with Gasteiger partial charge in [0.05, 0.1) is 10.7 Å². The number of hydrogen-bond acceptors (Lipinski definition) is 2. The van der Waals surface area contributed by atoms with Gasteiger partial charge in [-0.1, -0.05) is 47.5 Å². The Kier molecular flexibility index (Phi) is 5.02. The van der Waals surface area contributed by atoms with Crippen LogP contribution in [-0.2, 0) is 16.1 Å². The molecule has 0 saturated heterocycles. The fourth-order valence-corrected chi connectivity index (χ4v) is 3.01. The number of amides is 2. The summed E-state index contributed by atoms with van der Waals surface area (Å²) in [7, 11) is 0. The Labute approximate surface area is 156 Å². The molecular weight excluding hydrogens is 359 g/mol. The van der Waals surface area contributed by atoms with Crippen LogP contribution in [0.3, 0.4) is 0 Å². The van der Waals surface area contributed by atoms with Crippen LogP contribution in [0.2, 0.25) is 10.0 Å². The van der Waals surface area contributed by atoms with Gasteiger partial charge in [-0.05, 0) is 49.1 Å². The second-order valence-corrected chi connectivity index (χ2v) is 7.11. The van der Waals surface area contributed by atoms with Crippen molar-refractivity contribution < 1.29 is 9.59 Å². The first-order chi connectivity index (χ1) is 11.9. The molecule has 1 fully saturated rings. The van der Waals surface area contributed by atoms with Crippen LogP contribution in [0.4, 0.5) is 5.69 Å². The van der Waals surface area contributed by atoms with Crippen molar-refractivity contribution in [3.63, 3.8) is 0 Å². The third-order valence-corrected chi connectivity index (χ3v) is 5.06. The first-order valence-electron chi connectivity index (χ1n) is 8.02. The minimum atomic E-state index is -1.02. The average molecular weight is 377 g/mol. The number of aryl methyl sites for hydroxylation is 1. The summed E-state index contributed by atoms with van der Waals surface area (Å²) in [5.41, 5.74) is 1.53. The SMILES string of the molecule is Cc1ccccc1CNC(=O)C1(C(=O)Nc2cc(Cl)ccc2Cl)CC1. The Morgan fingerprint density at radius 1 is 1.08 bits per heavy atom. The zero-order chi connectivity index (χ0) is 18.0. The van der Waals surface area contributed by atoms with Gasteiger partial charge in [0.1, 0.15) is 5.41 Å². The van der Waals surface area contributed by atoms with Crippen molar-refractivity contribution in [3.05, 3.63) is 63.6 Å². The van der Waals surface area contributed by atoms with Gasteiger partial charge in [0.2, 0.25) is 11.8 Å². The Bertz CT molecular complexity index is 832. The highest BCUT2D eigenvalue weighted by atomic mass is 35.5. The topological polar surface area (TPSA) is 58.2 Å². The monoisotopic (exact) mass is 376 g/mol. The number of nitrogens with one attached hydrogen (secondary N) is 2. The number of benzene rings is 2. The predicted octanol–water partition coefficient (Wildman–Crippen LogP) is 4.34. The third kappa shape index (κ3) is 3.80. The highest BCUT2D eigenvalue weighted by molar-refractivity contribution is 6.36. The van der Waals surface area contributed by atoms with Gasteiger partial charge < -0.3 is 10.6 Å². The lowest BCUT2D eigenvalue weighted by atomic mass is 10.0. The maximum Gasteiger partial charge on any atom is 0.240 e. The molecule has 2 aromatic carbocycles. The predicted molar refractivity (Wildman–Crippen MR) is 99.8 cm³/mol. The van der Waals surface area contributed by atoms with Gasteiger partial charge in [0.25, 0.3) is 0 Å². The number of anilines is 1. The van der Waals surface area contributed by atoms with E-state index in [1.165, 1.54) is 0 Å². The minimum absolute atomic E-state index is 0.258. The van der Waals surface area contributed by atoms with Crippen molar-refractivity contribution >= 4 is 40.7 Å². The van der Waals surface area contributed by atoms with Crippen LogP contribution in [0, 0.1) is 12.3 Å². The molecule has 0 radical (unpaired) electrons. The molecule has 3 rings (SSSR count). The summed E-state index contributed by atoms with van der Waals surface area (Å²) in [6.45, 7) is 2.39. The van der Waals surface area contributed by atoms with Gasteiger partial charge in [-0.15, -0.1) is 0 Å². The Morgan fingerprint density at radius 3 is 2.48 bits per heavy atom. The van der Waals surface area contributed by atoms with E-state index in [4.69, 9.17) is 23.2 Å². The second-order valence-electron chi connectivity index (χ2n) is 6.27. The Hall–Kier alpha value is -2.04. The lowest BCUT2D eigenvalue weighted by Gasteiger charge is -2.16. The molecule has 0 spiro atoms. The second kappa shape index (κ2) is 7.06. The fraction of sp³-hybridized carbons (Fsp3) is 0.263. The average Bonchev–Trinajstić information content (AvgIpc) is 3.39. The summed E-state index contributed by atoms with van der Waals surface area (Å²) in [4.78, 5) is 25.2. The number of rotatable bonds is 5. The Balaban J connectivity index is 1.67. The van der Waals surface area contributed by atoms with E-state index in [1.54, 1.807) is 18.2 Å². The van der Waals surface area contributed by atoms with Gasteiger partial charge in [0.15, 0.2) is 0 Å². The van der Waals surface area contributed by atoms with Crippen LogP contribution >= 0.6 is 23.2 Å². The minimum Gasteiger partial charge on any atom is -0.351 e. The number of carbonyl (C=O) groups is 2. The van der Waals surface area contributed by atoms with E-state index < -0.39 is 5.41 Å². The van der Waals surface area contributed by atoms with Crippen LogP contribution in [-0.4, -0.2) is 11.8 Å². The van der Waals surface area contributed by atoms with Crippen LogP contribution in [0.25, 0.3) is 0 Å². The normalized spacial score (nSPS) is 14.7. The summed E-state index contributed by atoms with van der Waals surface area (Å²) >= 11 is 12.0. The highest BCUT2D eigenvalue weighted by Gasteiger charge is 2.56. The molecule has 4 nitrogen and oxygen atoms in total. The summed E-state index contributed by atoms with van der Waals surface area (Å²) in [5, 5.41) is 6.45. The van der Waals surface area contributed by atoms with Gasteiger partial charge >= 0.3 is 0 Å². The van der Waals surface area contributed by atoms with Crippen LogP contribution in [0.15, 0.2) is 42.5 Å². The molecule has 2 amide bonds. The molecule has 2 aromatic rings. The standard InChI is InChI=1S/C19H18Cl2N2O2/c1-12-4-2-3-5-13(12)11-22-17(24)19(8-9-19)18(25)23-16-10-14(20)6-7-15(16)21/h2-7,10H,8-9,11H2,1H3,(H,22,24)(H,23,25). The Morgan fingerprint density at radius 2 is 1.80 bits per heavy atom. The summed E-state index contributed by atoms with van der Waals surface area (Å²) in [6.07, 6.45) is 1.05. The number of hydrogen-bond donors (Lipinski definition) is 2. The zero-order valence-corrected chi connectivity index (χ0v) is 15.2. The van der Waals surface area contributed by atoms with Crippen molar-refractivity contribution in [3.8, 4) is 0 Å². The molecule has 1 saturated carbocycles. The van der Waals surface area contributed by atoms with Gasteiger partial charge in [-0.2, -0.15) is 0 Å². The maximum absolute atomic E-state index is 12.6. The third-order valence-electron chi connectivity index (χ3n) is 4.50. The summed E-state index contributed by atoms with van der Waals surface area (Å²) in [5.74, 6) is -0.606. The molecular formula is C19H18Cl2N2O2. The van der Waals surface area contributed by atoms with E-state index in [1.807, 2.05) is 31.2 Å². The van der Waals surface area contributed by atoms with Crippen molar-refractivity contribution in [1.82, 2.24) is 5.32 Å². The van der Waals surface area contributed by atoms with Gasteiger partial charge in [0, 0.05) is 11.6 Å². The largest absolute Gasteiger partial charge is 0.351 e. The van der Waals surface area contributed by atoms with E-state index in [9.17, 15) is 9.59 Å². The molecule has 1 aliphatic rings. The van der Waals surface area contributed by atoms with E-state index in [-0.39, 0.29) is 11.8 Å². The van der Waals surface area contributed by atoms with Crippen LogP contribution < -0.4 is 10.6 Å². The molecule has 0 aromatic heterocycles. The van der Waals surface area contributed by atoms with E-state index in [2.05, 4.69) is 10.6 Å². The quantitative estimate of drug-likeness (QED) is 0.762. The smallest absolute Gasteiger partial charge is 0.240 e. The summed E-state index contributed by atoms with van der Waals surface area (Å²) in [6, 6.07) is 12.6. The molecule has 0 bridgehead atoms. The highest BCUT2D eigenvalue weighted by Crippen LogP contribution is 2.47. The van der Waals surface area contributed by atoms with Crippen molar-refractivity contribution in [2.45, 2.75) is 26.3 Å². The van der Waals surface area contributed by atoms with Gasteiger partial charge in [-0.3, -0.25) is 9.59 Å². The first kappa shape index (κ1) is 17.8. The molecule has 130 valence electrons. The number of halogens is 2. The molecule has 1 aliphatic carbocycles. The van der Waals surface area contributed by atoms with Gasteiger partial charge in [-0.25, -0.2) is 0 Å². The maximum atomic E-state index is 12.6. The number of carbonyl (C=O) groups excluding carboxylic acids is 2. The molecule has 0 aliphatic heterocycles. The summed E-state index contributed by atoms with van der Waals surface area (Å²) < 4.78 is 0. The lowest BCUT2D eigenvalue weighted by Crippen LogP contribution is -2.39. The molecule has 0 unspecified atom stereocenters. The molecule has 0 heterocycles. The molecule has 0 atom stereocenters. The first-order valence-corrected chi connectivity index (χ1v) is 8.77. The van der Waals surface area contributed by atoms with Crippen molar-refractivity contribution in [2.75, 3.05) is 5.32 Å². The van der Waals surface area contributed by atoms with Crippen LogP contribution in [0.1, 0.15) is 24.0 Å². The van der Waals surface area contributed by atoms with Crippen LogP contribution in [0.5, 0.6) is 0 Å². The molecule has 6 heteroatoms. The van der Waals surface area contributed by atoms with Crippen molar-refractivity contribution in [1.29, 1.82) is 0 Å². The van der Waals surface area contributed by atoms with E-state index >= 15 is 0 Å². The zero-order valence-electron chi connectivity index (χ0n) is 13.7. The lowest BCUT2D eigenvalue weighted by molar-refractivity contribution is -0.134. The fourth-order valence-electron chi connectivity index (χ4n) is 2.67. The van der Waals surface area contributed by atoms with E-state index in [0.717, 1.165) is 11.1 Å². The molecule has 2 N–H and O–H groups in total. The van der Waals surface area contributed by atoms with Crippen molar-refractivity contribution in [2.24, 2.45) is 5.41 Å².